The van der Waals surface area contributed by atoms with Crippen LogP contribution < -0.4 is 5.32 Å². The number of rotatable bonds is 5. The second kappa shape index (κ2) is 6.59. The van der Waals surface area contributed by atoms with Gasteiger partial charge in [0.2, 0.25) is 0 Å². The van der Waals surface area contributed by atoms with Gasteiger partial charge in [0.25, 0.3) is 0 Å². The van der Waals surface area contributed by atoms with Crippen LogP contribution in [0.3, 0.4) is 0 Å². The van der Waals surface area contributed by atoms with E-state index in [2.05, 4.69) is 40.6 Å². The molecule has 0 amide bonds. The standard InChI is InChI=1S/C18H17ClN2/c19-16-10-11-17(15-9-5-13-21-18(15)16)20-12-4-8-14-6-2-1-3-7-14/h1-3,5-7,9-11,13,20H,4,8,12H2. The SMILES string of the molecule is Clc1ccc(NCCCc2ccccc2)c2cccnc12. The summed E-state index contributed by atoms with van der Waals surface area (Å²) < 4.78 is 0. The molecule has 3 heteroatoms. The predicted octanol–water partition coefficient (Wildman–Crippen LogP) is 4.93. The first kappa shape index (κ1) is 13.9. The molecule has 0 fully saturated rings. The van der Waals surface area contributed by atoms with Crippen LogP contribution in [-0.2, 0) is 6.42 Å². The third kappa shape index (κ3) is 3.34. The summed E-state index contributed by atoms with van der Waals surface area (Å²) in [5.41, 5.74) is 3.32. The first-order valence-electron chi connectivity index (χ1n) is 7.15. The van der Waals surface area contributed by atoms with E-state index in [0.717, 1.165) is 36.0 Å². The molecule has 0 bridgehead atoms. The van der Waals surface area contributed by atoms with Crippen molar-refractivity contribution in [3.05, 3.63) is 71.4 Å². The Bertz CT molecular complexity index is 726. The highest BCUT2D eigenvalue weighted by molar-refractivity contribution is 6.35. The van der Waals surface area contributed by atoms with Gasteiger partial charge in [0, 0.05) is 23.8 Å². The fraction of sp³-hybridized carbons (Fsp3) is 0.167. The molecule has 0 radical (unpaired) electrons. The lowest BCUT2D eigenvalue weighted by atomic mass is 10.1. The number of anilines is 1. The molecule has 21 heavy (non-hydrogen) atoms. The van der Waals surface area contributed by atoms with Crippen LogP contribution in [-0.4, -0.2) is 11.5 Å². The van der Waals surface area contributed by atoms with E-state index in [0.29, 0.717) is 5.02 Å². The lowest BCUT2D eigenvalue weighted by molar-refractivity contribution is 0.864. The van der Waals surface area contributed by atoms with Gasteiger partial charge in [-0.1, -0.05) is 41.9 Å². The van der Waals surface area contributed by atoms with Crippen molar-refractivity contribution >= 4 is 28.2 Å². The summed E-state index contributed by atoms with van der Waals surface area (Å²) in [7, 11) is 0. The molecule has 0 saturated carbocycles. The fourth-order valence-corrected chi connectivity index (χ4v) is 2.67. The van der Waals surface area contributed by atoms with Gasteiger partial charge in [-0.25, -0.2) is 0 Å². The largest absolute Gasteiger partial charge is 0.384 e. The zero-order valence-electron chi connectivity index (χ0n) is 11.7. The molecule has 0 spiro atoms. The van der Waals surface area contributed by atoms with Crippen LogP contribution in [0, 0.1) is 0 Å². The molecule has 1 N–H and O–H groups in total. The maximum absolute atomic E-state index is 6.18. The van der Waals surface area contributed by atoms with Gasteiger partial charge >= 0.3 is 0 Å². The molecule has 0 unspecified atom stereocenters. The van der Waals surface area contributed by atoms with E-state index in [1.54, 1.807) is 6.20 Å². The third-order valence-electron chi connectivity index (χ3n) is 3.52. The summed E-state index contributed by atoms with van der Waals surface area (Å²) in [6.07, 6.45) is 3.94. The van der Waals surface area contributed by atoms with Gasteiger partial charge < -0.3 is 5.32 Å². The van der Waals surface area contributed by atoms with Crippen molar-refractivity contribution in [3.63, 3.8) is 0 Å². The van der Waals surface area contributed by atoms with Crippen LogP contribution in [0.15, 0.2) is 60.8 Å². The molecule has 0 aliphatic carbocycles. The Balaban J connectivity index is 1.65. The fourth-order valence-electron chi connectivity index (χ4n) is 2.45. The lowest BCUT2D eigenvalue weighted by Gasteiger charge is -2.10. The van der Waals surface area contributed by atoms with Crippen LogP contribution in [0.1, 0.15) is 12.0 Å². The Morgan fingerprint density at radius 3 is 2.67 bits per heavy atom. The maximum atomic E-state index is 6.18. The highest BCUT2D eigenvalue weighted by Gasteiger charge is 2.04. The molecule has 0 aliphatic rings. The van der Waals surface area contributed by atoms with E-state index >= 15 is 0 Å². The van der Waals surface area contributed by atoms with Crippen molar-refractivity contribution in [2.24, 2.45) is 0 Å². The molecule has 3 aromatic rings. The van der Waals surface area contributed by atoms with Gasteiger partial charge in [-0.05, 0) is 42.7 Å². The molecular weight excluding hydrogens is 280 g/mol. The molecule has 0 aliphatic heterocycles. The number of nitrogens with one attached hydrogen (secondary N) is 1. The number of benzene rings is 2. The van der Waals surface area contributed by atoms with Crippen molar-refractivity contribution < 1.29 is 0 Å². The number of pyridine rings is 1. The van der Waals surface area contributed by atoms with Gasteiger partial charge in [0.05, 0.1) is 10.5 Å². The summed E-state index contributed by atoms with van der Waals surface area (Å²) in [4.78, 5) is 4.35. The van der Waals surface area contributed by atoms with Crippen molar-refractivity contribution in [3.8, 4) is 0 Å². The average molecular weight is 297 g/mol. The van der Waals surface area contributed by atoms with Gasteiger partial charge in [0.1, 0.15) is 0 Å². The Hall–Kier alpha value is -2.06. The number of fused-ring (bicyclic) bond motifs is 1. The Kier molecular flexibility index (Phi) is 4.37. The van der Waals surface area contributed by atoms with Crippen LogP contribution in [0.5, 0.6) is 0 Å². The summed E-state index contributed by atoms with van der Waals surface area (Å²) in [5.74, 6) is 0. The van der Waals surface area contributed by atoms with Crippen molar-refractivity contribution in [1.29, 1.82) is 0 Å². The number of aromatic nitrogens is 1. The summed E-state index contributed by atoms with van der Waals surface area (Å²) >= 11 is 6.18. The monoisotopic (exact) mass is 296 g/mol. The smallest absolute Gasteiger partial charge is 0.0908 e. The average Bonchev–Trinajstić information content (AvgIpc) is 2.55. The zero-order valence-corrected chi connectivity index (χ0v) is 12.5. The third-order valence-corrected chi connectivity index (χ3v) is 3.83. The van der Waals surface area contributed by atoms with E-state index in [1.165, 1.54) is 5.56 Å². The number of hydrogen-bond acceptors (Lipinski definition) is 2. The van der Waals surface area contributed by atoms with Crippen molar-refractivity contribution in [2.45, 2.75) is 12.8 Å². The van der Waals surface area contributed by atoms with E-state index in [4.69, 9.17) is 11.6 Å². The normalized spacial score (nSPS) is 10.7. The Morgan fingerprint density at radius 2 is 1.81 bits per heavy atom. The maximum Gasteiger partial charge on any atom is 0.0908 e. The van der Waals surface area contributed by atoms with E-state index in [-0.39, 0.29) is 0 Å². The zero-order chi connectivity index (χ0) is 14.5. The molecule has 1 aromatic heterocycles. The van der Waals surface area contributed by atoms with Crippen molar-refractivity contribution in [1.82, 2.24) is 4.98 Å². The van der Waals surface area contributed by atoms with Crippen LogP contribution in [0.25, 0.3) is 10.9 Å². The number of aryl methyl sites for hydroxylation is 1. The highest BCUT2D eigenvalue weighted by Crippen LogP contribution is 2.27. The highest BCUT2D eigenvalue weighted by atomic mass is 35.5. The molecule has 1 heterocycles. The molecule has 0 atom stereocenters. The summed E-state index contributed by atoms with van der Waals surface area (Å²) in [6, 6.07) is 18.5. The minimum atomic E-state index is 0.695. The second-order valence-corrected chi connectivity index (χ2v) is 5.42. The number of halogens is 1. The first-order valence-corrected chi connectivity index (χ1v) is 7.53. The molecule has 0 saturated heterocycles. The predicted molar refractivity (Wildman–Crippen MR) is 90.0 cm³/mol. The Labute approximate surface area is 129 Å². The minimum absolute atomic E-state index is 0.695. The molecule has 3 rings (SSSR count). The molecule has 106 valence electrons. The van der Waals surface area contributed by atoms with E-state index < -0.39 is 0 Å². The summed E-state index contributed by atoms with van der Waals surface area (Å²) in [5, 5.41) is 5.26. The topological polar surface area (TPSA) is 24.9 Å². The van der Waals surface area contributed by atoms with Gasteiger partial charge in [0.15, 0.2) is 0 Å². The molecule has 2 nitrogen and oxygen atoms in total. The summed E-state index contributed by atoms with van der Waals surface area (Å²) in [6.45, 7) is 0.931. The second-order valence-electron chi connectivity index (χ2n) is 5.01. The lowest BCUT2D eigenvalue weighted by Crippen LogP contribution is -2.03. The van der Waals surface area contributed by atoms with E-state index in [1.807, 2.05) is 24.3 Å². The quantitative estimate of drug-likeness (QED) is 0.675. The first-order chi connectivity index (χ1) is 10.3. The van der Waals surface area contributed by atoms with Crippen molar-refractivity contribution in [2.75, 3.05) is 11.9 Å². The Morgan fingerprint density at radius 1 is 0.952 bits per heavy atom. The van der Waals surface area contributed by atoms with Crippen LogP contribution in [0.4, 0.5) is 5.69 Å². The van der Waals surface area contributed by atoms with E-state index in [9.17, 15) is 0 Å². The van der Waals surface area contributed by atoms with Gasteiger partial charge in [-0.2, -0.15) is 0 Å². The molecular formula is C18H17ClN2. The number of nitrogens with zero attached hydrogens (tertiary/aromatic N) is 1. The molecule has 2 aromatic carbocycles. The van der Waals surface area contributed by atoms with Crippen LogP contribution >= 0.6 is 11.6 Å². The minimum Gasteiger partial charge on any atom is -0.384 e. The van der Waals surface area contributed by atoms with Gasteiger partial charge in [-0.15, -0.1) is 0 Å². The van der Waals surface area contributed by atoms with Gasteiger partial charge in [-0.3, -0.25) is 4.98 Å². The number of hydrogen-bond donors (Lipinski definition) is 1. The van der Waals surface area contributed by atoms with Crippen LogP contribution in [0.2, 0.25) is 5.02 Å².